The Morgan fingerprint density at radius 2 is 1.58 bits per heavy atom. The summed E-state index contributed by atoms with van der Waals surface area (Å²) in [6, 6.07) is 16.7. The molecule has 1 N–H and O–H groups in total. The van der Waals surface area contributed by atoms with Crippen LogP contribution in [0.4, 0.5) is 0 Å². The van der Waals surface area contributed by atoms with E-state index < -0.39 is 5.60 Å². The summed E-state index contributed by atoms with van der Waals surface area (Å²) in [5.41, 5.74) is 3.21. The van der Waals surface area contributed by atoms with Crippen LogP contribution in [0, 0.1) is 0 Å². The molecule has 0 amide bonds. The molecule has 1 heterocycles. The van der Waals surface area contributed by atoms with E-state index in [9.17, 15) is 5.11 Å². The highest BCUT2D eigenvalue weighted by atomic mass is 16.5. The molecule has 0 spiro atoms. The Labute approximate surface area is 156 Å². The molecule has 4 rings (SSSR count). The second kappa shape index (κ2) is 6.19. The molecule has 0 radical (unpaired) electrons. The number of aliphatic hydroxyl groups is 1. The Bertz CT molecular complexity index is 762. The lowest BCUT2D eigenvalue weighted by molar-refractivity contribution is -0.0827. The second-order valence-corrected chi connectivity index (χ2v) is 8.76. The zero-order valence-electron chi connectivity index (χ0n) is 16.2. The van der Waals surface area contributed by atoms with Crippen molar-refractivity contribution in [2.75, 3.05) is 13.6 Å². The van der Waals surface area contributed by atoms with Gasteiger partial charge in [-0.3, -0.25) is 0 Å². The third-order valence-corrected chi connectivity index (χ3v) is 5.81. The maximum Gasteiger partial charge on any atom is 0.117 e. The zero-order valence-corrected chi connectivity index (χ0v) is 16.2. The quantitative estimate of drug-likeness (QED) is 0.900. The Morgan fingerprint density at radius 3 is 2.12 bits per heavy atom. The van der Waals surface area contributed by atoms with Gasteiger partial charge in [0.2, 0.25) is 0 Å². The van der Waals surface area contributed by atoms with Crippen LogP contribution in [-0.4, -0.2) is 41.3 Å². The van der Waals surface area contributed by atoms with Gasteiger partial charge in [0, 0.05) is 19.0 Å². The summed E-state index contributed by atoms with van der Waals surface area (Å²) in [6.07, 6.45) is 1.81. The molecule has 0 unspecified atom stereocenters. The van der Waals surface area contributed by atoms with Gasteiger partial charge in [0.15, 0.2) is 0 Å². The van der Waals surface area contributed by atoms with E-state index >= 15 is 0 Å². The highest BCUT2D eigenvalue weighted by Gasteiger charge is 2.47. The summed E-state index contributed by atoms with van der Waals surface area (Å²) < 4.78 is 6.36. The van der Waals surface area contributed by atoms with Crippen molar-refractivity contribution >= 4 is 0 Å². The summed E-state index contributed by atoms with van der Waals surface area (Å²) >= 11 is 0. The summed E-state index contributed by atoms with van der Waals surface area (Å²) in [5, 5.41) is 11.9. The minimum absolute atomic E-state index is 0.143. The molecule has 1 aliphatic heterocycles. The first-order valence-electron chi connectivity index (χ1n) is 9.59. The summed E-state index contributed by atoms with van der Waals surface area (Å²) in [4.78, 5) is 2.35. The predicted octanol–water partition coefficient (Wildman–Crippen LogP) is 4.18. The van der Waals surface area contributed by atoms with Crippen molar-refractivity contribution in [1.82, 2.24) is 4.90 Å². The molecule has 0 saturated carbocycles. The van der Waals surface area contributed by atoms with Crippen molar-refractivity contribution in [3.05, 3.63) is 59.7 Å². The standard InChI is InChI=1S/C23H29NO2/c1-22(2,3)26-21-13-14-24(4)20(21)15-23(25)18-11-7-5-9-16(18)17-10-6-8-12-19(17)23/h5-12,20-21,25H,13-15H2,1-4H3/t20-,21+/m1/s1. The Morgan fingerprint density at radius 1 is 1.04 bits per heavy atom. The third kappa shape index (κ3) is 2.88. The van der Waals surface area contributed by atoms with Crippen molar-refractivity contribution in [3.63, 3.8) is 0 Å². The first kappa shape index (κ1) is 17.7. The van der Waals surface area contributed by atoms with E-state index in [1.807, 2.05) is 12.1 Å². The molecule has 0 bridgehead atoms. The topological polar surface area (TPSA) is 32.7 Å². The molecule has 1 saturated heterocycles. The van der Waals surface area contributed by atoms with Gasteiger partial charge in [-0.1, -0.05) is 48.5 Å². The minimum atomic E-state index is -0.962. The number of hydrogen-bond donors (Lipinski definition) is 1. The Hall–Kier alpha value is -1.68. The number of likely N-dealkylation sites (tertiary alicyclic amines) is 1. The lowest BCUT2D eigenvalue weighted by atomic mass is 9.84. The van der Waals surface area contributed by atoms with E-state index in [4.69, 9.17) is 4.74 Å². The van der Waals surface area contributed by atoms with Gasteiger partial charge in [-0.05, 0) is 56.5 Å². The summed E-state index contributed by atoms with van der Waals surface area (Å²) in [6.45, 7) is 7.33. The number of benzene rings is 2. The van der Waals surface area contributed by atoms with E-state index in [1.54, 1.807) is 0 Å². The molecule has 1 aliphatic carbocycles. The monoisotopic (exact) mass is 351 g/mol. The van der Waals surface area contributed by atoms with Crippen LogP contribution in [0.1, 0.15) is 44.7 Å². The van der Waals surface area contributed by atoms with Gasteiger partial charge in [-0.15, -0.1) is 0 Å². The number of fused-ring (bicyclic) bond motifs is 3. The third-order valence-electron chi connectivity index (χ3n) is 5.81. The van der Waals surface area contributed by atoms with Crippen molar-refractivity contribution in [2.24, 2.45) is 0 Å². The number of ether oxygens (including phenoxy) is 1. The van der Waals surface area contributed by atoms with E-state index in [1.165, 1.54) is 0 Å². The van der Waals surface area contributed by atoms with Gasteiger partial charge >= 0.3 is 0 Å². The number of likely N-dealkylation sites (N-methyl/N-ethyl adjacent to an activating group) is 1. The van der Waals surface area contributed by atoms with E-state index in [0.717, 1.165) is 35.2 Å². The molecule has 26 heavy (non-hydrogen) atoms. The molecular weight excluding hydrogens is 322 g/mol. The first-order valence-corrected chi connectivity index (χ1v) is 9.59. The summed E-state index contributed by atoms with van der Waals surface area (Å²) in [7, 11) is 2.15. The first-order chi connectivity index (χ1) is 12.3. The molecular formula is C23H29NO2. The highest BCUT2D eigenvalue weighted by Crippen LogP contribution is 2.50. The highest BCUT2D eigenvalue weighted by molar-refractivity contribution is 5.80. The normalized spacial score (nSPS) is 24.5. The maximum absolute atomic E-state index is 11.9. The predicted molar refractivity (Wildman–Crippen MR) is 105 cm³/mol. The van der Waals surface area contributed by atoms with Gasteiger partial charge in [-0.25, -0.2) is 0 Å². The number of nitrogens with zero attached hydrogens (tertiary/aromatic N) is 1. The van der Waals surface area contributed by atoms with Crippen LogP contribution in [0.15, 0.2) is 48.5 Å². The van der Waals surface area contributed by atoms with Gasteiger partial charge in [0.05, 0.1) is 11.7 Å². The van der Waals surface area contributed by atoms with Gasteiger partial charge in [0.25, 0.3) is 0 Å². The lowest BCUT2D eigenvalue weighted by Crippen LogP contribution is -2.43. The average Bonchev–Trinajstić information content (AvgIpc) is 3.05. The molecule has 2 aromatic carbocycles. The zero-order chi connectivity index (χ0) is 18.5. The fourth-order valence-electron chi connectivity index (χ4n) is 4.68. The Kier molecular flexibility index (Phi) is 4.22. The molecule has 2 aliphatic rings. The van der Waals surface area contributed by atoms with Crippen LogP contribution >= 0.6 is 0 Å². The van der Waals surface area contributed by atoms with Crippen LogP contribution in [0.5, 0.6) is 0 Å². The molecule has 1 fully saturated rings. The SMILES string of the molecule is CN1CC[C@H](OC(C)(C)C)[C@H]1CC1(O)c2ccccc2-c2ccccc21. The molecule has 3 heteroatoms. The molecule has 0 aromatic heterocycles. The number of rotatable bonds is 3. The van der Waals surface area contributed by atoms with Crippen LogP contribution in [0.25, 0.3) is 11.1 Å². The molecule has 138 valence electrons. The number of hydrogen-bond acceptors (Lipinski definition) is 3. The van der Waals surface area contributed by atoms with Crippen LogP contribution in [0.2, 0.25) is 0 Å². The average molecular weight is 351 g/mol. The Balaban J connectivity index is 1.73. The summed E-state index contributed by atoms with van der Waals surface area (Å²) in [5.74, 6) is 0. The van der Waals surface area contributed by atoms with Crippen molar-refractivity contribution in [1.29, 1.82) is 0 Å². The lowest BCUT2D eigenvalue weighted by Gasteiger charge is -2.36. The minimum Gasteiger partial charge on any atom is -0.380 e. The van der Waals surface area contributed by atoms with Gasteiger partial charge in [0.1, 0.15) is 5.60 Å². The second-order valence-electron chi connectivity index (χ2n) is 8.76. The smallest absolute Gasteiger partial charge is 0.117 e. The van der Waals surface area contributed by atoms with Crippen LogP contribution in [-0.2, 0) is 10.3 Å². The van der Waals surface area contributed by atoms with Crippen LogP contribution in [0.3, 0.4) is 0 Å². The van der Waals surface area contributed by atoms with E-state index in [0.29, 0.717) is 6.42 Å². The fraction of sp³-hybridized carbons (Fsp3) is 0.478. The molecule has 3 nitrogen and oxygen atoms in total. The van der Waals surface area contributed by atoms with E-state index in [-0.39, 0.29) is 17.7 Å². The van der Waals surface area contributed by atoms with Gasteiger partial charge in [-0.2, -0.15) is 0 Å². The largest absolute Gasteiger partial charge is 0.380 e. The van der Waals surface area contributed by atoms with Gasteiger partial charge < -0.3 is 14.7 Å². The van der Waals surface area contributed by atoms with Crippen molar-refractivity contribution in [2.45, 2.75) is 57.0 Å². The molecule has 2 atom stereocenters. The van der Waals surface area contributed by atoms with Crippen molar-refractivity contribution in [3.8, 4) is 11.1 Å². The van der Waals surface area contributed by atoms with E-state index in [2.05, 4.69) is 69.1 Å². The van der Waals surface area contributed by atoms with Crippen molar-refractivity contribution < 1.29 is 9.84 Å². The maximum atomic E-state index is 11.9. The molecule has 2 aromatic rings. The fourth-order valence-corrected chi connectivity index (χ4v) is 4.68. The van der Waals surface area contributed by atoms with Crippen LogP contribution < -0.4 is 0 Å².